The van der Waals surface area contributed by atoms with Crippen molar-refractivity contribution >= 4 is 29.5 Å². The van der Waals surface area contributed by atoms with E-state index in [2.05, 4.69) is 15.3 Å². The van der Waals surface area contributed by atoms with E-state index in [1.165, 1.54) is 30.5 Å². The molecule has 0 aliphatic rings. The van der Waals surface area contributed by atoms with E-state index < -0.39 is 12.2 Å². The van der Waals surface area contributed by atoms with Crippen molar-refractivity contribution in [1.82, 2.24) is 4.98 Å². The van der Waals surface area contributed by atoms with Gasteiger partial charge < -0.3 is 26.4 Å². The van der Waals surface area contributed by atoms with Gasteiger partial charge in [-0.05, 0) is 35.9 Å². The highest BCUT2D eigenvalue weighted by molar-refractivity contribution is 6.11. The fourth-order valence-electron chi connectivity index (χ4n) is 2.33. The largest absolute Gasteiger partial charge is 0.507 e. The highest BCUT2D eigenvalue weighted by Crippen LogP contribution is 2.26. The molecule has 0 fully saturated rings. The van der Waals surface area contributed by atoms with Crippen LogP contribution in [0, 0.1) is 0 Å². The predicted molar refractivity (Wildman–Crippen MR) is 104 cm³/mol. The van der Waals surface area contributed by atoms with Gasteiger partial charge in [0.05, 0.1) is 5.56 Å². The molecule has 140 valence electrons. The Morgan fingerprint density at radius 3 is 2.78 bits per heavy atom. The molecular formula is C19H20N4O4. The molecule has 27 heavy (non-hydrogen) atoms. The molecule has 2 rings (SSSR count). The molecule has 8 nitrogen and oxygen atoms in total. The first-order chi connectivity index (χ1) is 13.0. The van der Waals surface area contributed by atoms with Gasteiger partial charge in [-0.1, -0.05) is 0 Å². The number of benzene rings is 1. The van der Waals surface area contributed by atoms with E-state index in [-0.39, 0.29) is 11.3 Å². The second kappa shape index (κ2) is 9.27. The number of allylic oxidation sites excluding steroid dienone is 1. The summed E-state index contributed by atoms with van der Waals surface area (Å²) < 4.78 is 0. The van der Waals surface area contributed by atoms with Gasteiger partial charge in [-0.3, -0.25) is 14.8 Å². The number of anilines is 1. The Labute approximate surface area is 156 Å². The standard InChI is InChI=1S/C19H20N4O4/c1-21-10-13(9-20)15-6-7-22-11-12(15)2-5-18(25)23-14-3-4-17(24)16(8-14)19(26)27/h2-11,19,24,26-27H,20H2,1H3,(H,23,25)/b5-2+,13-9?,21-10?. The molecule has 0 atom stereocenters. The lowest BCUT2D eigenvalue weighted by Gasteiger charge is -2.09. The first-order valence-electron chi connectivity index (χ1n) is 7.92. The van der Waals surface area contributed by atoms with Crippen LogP contribution in [0.1, 0.15) is 23.0 Å². The Kier molecular flexibility index (Phi) is 6.81. The molecule has 0 unspecified atom stereocenters. The van der Waals surface area contributed by atoms with Gasteiger partial charge in [0.2, 0.25) is 5.91 Å². The van der Waals surface area contributed by atoms with Crippen LogP contribution in [-0.2, 0) is 4.79 Å². The number of carbonyl (C=O) groups is 1. The molecule has 0 aliphatic heterocycles. The van der Waals surface area contributed by atoms with Crippen molar-refractivity contribution in [3.05, 3.63) is 65.6 Å². The highest BCUT2D eigenvalue weighted by atomic mass is 16.5. The summed E-state index contributed by atoms with van der Waals surface area (Å²) in [5.41, 5.74) is 7.94. The normalized spacial score (nSPS) is 12.2. The Bertz CT molecular complexity index is 904. The number of rotatable bonds is 6. The van der Waals surface area contributed by atoms with Crippen LogP contribution in [0.15, 0.2) is 53.9 Å². The third kappa shape index (κ3) is 5.24. The lowest BCUT2D eigenvalue weighted by atomic mass is 10.0. The minimum Gasteiger partial charge on any atom is -0.507 e. The first-order valence-corrected chi connectivity index (χ1v) is 7.92. The molecule has 1 aromatic heterocycles. The molecule has 6 N–H and O–H groups in total. The number of nitrogens with zero attached hydrogens (tertiary/aromatic N) is 2. The van der Waals surface area contributed by atoms with Crippen molar-refractivity contribution in [2.75, 3.05) is 12.4 Å². The van der Waals surface area contributed by atoms with Crippen LogP contribution < -0.4 is 11.1 Å². The number of aliphatic imine (C=N–C) groups is 1. The highest BCUT2D eigenvalue weighted by Gasteiger charge is 2.10. The smallest absolute Gasteiger partial charge is 0.248 e. The number of aromatic nitrogens is 1. The number of aromatic hydroxyl groups is 1. The van der Waals surface area contributed by atoms with Crippen LogP contribution in [0.25, 0.3) is 11.6 Å². The van der Waals surface area contributed by atoms with E-state index in [4.69, 9.17) is 5.73 Å². The molecule has 0 saturated carbocycles. The summed E-state index contributed by atoms with van der Waals surface area (Å²) in [5.74, 6) is -0.728. The van der Waals surface area contributed by atoms with Gasteiger partial charge in [0.1, 0.15) is 5.75 Å². The number of hydrogen-bond acceptors (Lipinski definition) is 7. The SMILES string of the molecule is CN=CC(=CN)c1ccncc1/C=C/C(=O)Nc1ccc(O)c(C(O)O)c1. The van der Waals surface area contributed by atoms with Gasteiger partial charge in [-0.15, -0.1) is 0 Å². The number of carbonyl (C=O) groups excluding carboxylic acids is 1. The summed E-state index contributed by atoms with van der Waals surface area (Å²) in [6, 6.07) is 5.73. The fraction of sp³-hybridized carbons (Fsp3) is 0.105. The number of pyridine rings is 1. The Balaban J connectivity index is 2.20. The van der Waals surface area contributed by atoms with E-state index in [1.54, 1.807) is 37.8 Å². The molecule has 1 heterocycles. The minimum atomic E-state index is -1.85. The number of hydrogen-bond donors (Lipinski definition) is 5. The maximum Gasteiger partial charge on any atom is 0.248 e. The van der Waals surface area contributed by atoms with Gasteiger partial charge in [-0.2, -0.15) is 0 Å². The molecule has 8 heteroatoms. The van der Waals surface area contributed by atoms with Gasteiger partial charge in [0.25, 0.3) is 0 Å². The molecule has 2 aromatic rings. The summed E-state index contributed by atoms with van der Waals surface area (Å²) in [7, 11) is 1.63. The second-order valence-corrected chi connectivity index (χ2v) is 5.44. The maximum atomic E-state index is 12.2. The third-order valence-corrected chi connectivity index (χ3v) is 3.60. The van der Waals surface area contributed by atoms with Crippen molar-refractivity contribution < 1.29 is 20.1 Å². The molecular weight excluding hydrogens is 348 g/mol. The number of nitrogens with two attached hydrogens (primary N) is 1. The zero-order valence-electron chi connectivity index (χ0n) is 14.6. The van der Waals surface area contributed by atoms with E-state index in [0.29, 0.717) is 16.8 Å². The summed E-state index contributed by atoms with van der Waals surface area (Å²) in [4.78, 5) is 20.1. The van der Waals surface area contributed by atoms with E-state index in [0.717, 1.165) is 5.56 Å². The third-order valence-electron chi connectivity index (χ3n) is 3.60. The fourth-order valence-corrected chi connectivity index (χ4v) is 2.33. The van der Waals surface area contributed by atoms with Crippen molar-refractivity contribution in [3.8, 4) is 5.75 Å². The van der Waals surface area contributed by atoms with Crippen molar-refractivity contribution in [3.63, 3.8) is 0 Å². The van der Waals surface area contributed by atoms with Gasteiger partial charge in [-0.25, -0.2) is 0 Å². The molecule has 1 aromatic carbocycles. The summed E-state index contributed by atoms with van der Waals surface area (Å²) in [6.45, 7) is 0. The average Bonchev–Trinajstić information content (AvgIpc) is 2.66. The van der Waals surface area contributed by atoms with Crippen LogP contribution in [0.5, 0.6) is 5.75 Å². The second-order valence-electron chi connectivity index (χ2n) is 5.44. The lowest BCUT2D eigenvalue weighted by Crippen LogP contribution is -2.08. The molecule has 0 saturated heterocycles. The van der Waals surface area contributed by atoms with Crippen LogP contribution in [-0.4, -0.2) is 39.5 Å². The van der Waals surface area contributed by atoms with Crippen LogP contribution in [0.3, 0.4) is 0 Å². The monoisotopic (exact) mass is 368 g/mol. The number of phenolic OH excluding ortho intramolecular Hbond substituents is 1. The van der Waals surface area contributed by atoms with Crippen LogP contribution >= 0.6 is 0 Å². The van der Waals surface area contributed by atoms with Crippen molar-refractivity contribution in [2.24, 2.45) is 10.7 Å². The van der Waals surface area contributed by atoms with Crippen molar-refractivity contribution in [1.29, 1.82) is 0 Å². The van der Waals surface area contributed by atoms with Gasteiger partial charge >= 0.3 is 0 Å². The zero-order valence-corrected chi connectivity index (χ0v) is 14.6. The Morgan fingerprint density at radius 1 is 1.33 bits per heavy atom. The van der Waals surface area contributed by atoms with E-state index in [9.17, 15) is 20.1 Å². The topological polar surface area (TPSA) is 141 Å². The van der Waals surface area contributed by atoms with Crippen LogP contribution in [0.2, 0.25) is 0 Å². The Morgan fingerprint density at radius 2 is 2.11 bits per heavy atom. The van der Waals surface area contributed by atoms with Crippen molar-refractivity contribution in [2.45, 2.75) is 6.29 Å². The number of nitrogens with one attached hydrogen (secondary N) is 1. The summed E-state index contributed by atoms with van der Waals surface area (Å²) in [5, 5.41) is 30.5. The number of aliphatic hydroxyl groups is 2. The van der Waals surface area contributed by atoms with Crippen LogP contribution in [0.4, 0.5) is 5.69 Å². The quantitative estimate of drug-likeness (QED) is 0.226. The molecule has 0 bridgehead atoms. The number of phenols is 1. The molecule has 0 radical (unpaired) electrons. The molecule has 1 amide bonds. The van der Waals surface area contributed by atoms with E-state index in [1.807, 2.05) is 0 Å². The maximum absolute atomic E-state index is 12.2. The first kappa shape index (κ1) is 19.8. The Hall–Kier alpha value is -3.49. The molecule has 0 aliphatic carbocycles. The van der Waals surface area contributed by atoms with E-state index >= 15 is 0 Å². The molecule has 0 spiro atoms. The summed E-state index contributed by atoms with van der Waals surface area (Å²) in [6.07, 6.45) is 7.25. The lowest BCUT2D eigenvalue weighted by molar-refractivity contribution is -0.111. The number of aliphatic hydroxyl groups excluding tert-OH is 1. The van der Waals surface area contributed by atoms with Gasteiger partial charge in [0, 0.05) is 54.8 Å². The predicted octanol–water partition coefficient (Wildman–Crippen LogP) is 1.42. The number of amides is 1. The summed E-state index contributed by atoms with van der Waals surface area (Å²) >= 11 is 0. The zero-order chi connectivity index (χ0) is 19.8. The van der Waals surface area contributed by atoms with Gasteiger partial charge in [0.15, 0.2) is 6.29 Å². The average molecular weight is 368 g/mol. The minimum absolute atomic E-state index is 0.108.